The smallest absolute Gasteiger partial charge is 0.165 e. The van der Waals surface area contributed by atoms with Crippen LogP contribution in [0.1, 0.15) is 11.1 Å². The van der Waals surface area contributed by atoms with Crippen LogP contribution in [0, 0.1) is 5.82 Å². The van der Waals surface area contributed by atoms with Crippen LogP contribution in [0.3, 0.4) is 0 Å². The molecule has 0 spiro atoms. The molecule has 3 rings (SSSR count). The lowest BCUT2D eigenvalue weighted by molar-refractivity contribution is -0.0307. The highest BCUT2D eigenvalue weighted by Crippen LogP contribution is 2.31. The van der Waals surface area contributed by atoms with Crippen LogP contribution in [0.4, 0.5) is 4.39 Å². The Morgan fingerprint density at radius 1 is 1.16 bits per heavy atom. The van der Waals surface area contributed by atoms with Gasteiger partial charge in [-0.05, 0) is 30.2 Å². The maximum Gasteiger partial charge on any atom is 0.165 e. The predicted molar refractivity (Wildman–Crippen MR) is 94.7 cm³/mol. The summed E-state index contributed by atoms with van der Waals surface area (Å²) in [6.45, 7) is 3.10. The Kier molecular flexibility index (Phi) is 5.89. The van der Waals surface area contributed by atoms with E-state index in [1.54, 1.807) is 26.4 Å². The van der Waals surface area contributed by atoms with E-state index in [1.165, 1.54) is 6.07 Å². The van der Waals surface area contributed by atoms with Gasteiger partial charge in [-0.3, -0.25) is 4.90 Å². The molecule has 0 radical (unpaired) electrons. The van der Waals surface area contributed by atoms with Crippen LogP contribution in [-0.2, 0) is 17.7 Å². The van der Waals surface area contributed by atoms with Crippen molar-refractivity contribution in [3.63, 3.8) is 0 Å². The third-order valence-corrected chi connectivity index (χ3v) is 4.45. The summed E-state index contributed by atoms with van der Waals surface area (Å²) >= 11 is 0. The molecular weight excluding hydrogens is 321 g/mol. The van der Waals surface area contributed by atoms with Crippen molar-refractivity contribution in [3.05, 3.63) is 59.4 Å². The minimum Gasteiger partial charge on any atom is -0.493 e. The third kappa shape index (κ3) is 4.50. The Morgan fingerprint density at radius 3 is 2.76 bits per heavy atom. The monoisotopic (exact) mass is 345 g/mol. The van der Waals surface area contributed by atoms with E-state index in [-0.39, 0.29) is 11.9 Å². The number of nitrogens with zero attached hydrogens (tertiary/aromatic N) is 1. The fraction of sp³-hybridized carbons (Fsp3) is 0.400. The molecule has 134 valence electrons. The van der Waals surface area contributed by atoms with Gasteiger partial charge in [0.25, 0.3) is 0 Å². The molecule has 0 N–H and O–H groups in total. The number of para-hydroxylation sites is 1. The van der Waals surface area contributed by atoms with Crippen LogP contribution in [0.2, 0.25) is 0 Å². The van der Waals surface area contributed by atoms with E-state index < -0.39 is 0 Å². The van der Waals surface area contributed by atoms with Crippen LogP contribution in [0.25, 0.3) is 0 Å². The molecule has 0 saturated carbocycles. The summed E-state index contributed by atoms with van der Waals surface area (Å²) in [7, 11) is 3.30. The molecule has 0 aromatic heterocycles. The predicted octanol–water partition coefficient (Wildman–Crippen LogP) is 3.29. The highest BCUT2D eigenvalue weighted by molar-refractivity contribution is 5.46. The minimum absolute atomic E-state index is 0.0622. The maximum atomic E-state index is 13.4. The average Bonchev–Trinajstić information content (AvgIpc) is 2.62. The number of benzene rings is 2. The van der Waals surface area contributed by atoms with Crippen LogP contribution in [0.5, 0.6) is 11.5 Å². The van der Waals surface area contributed by atoms with Gasteiger partial charge in [-0.1, -0.05) is 24.3 Å². The van der Waals surface area contributed by atoms with E-state index in [0.29, 0.717) is 13.0 Å². The SMILES string of the molecule is COc1cccc(CN2CCO[C@H](Cc3cccc(F)c3)C2)c1OC. The Balaban J connectivity index is 1.66. The van der Waals surface area contributed by atoms with Crippen LogP contribution >= 0.6 is 0 Å². The maximum absolute atomic E-state index is 13.4. The number of rotatable bonds is 6. The number of hydrogen-bond donors (Lipinski definition) is 0. The van der Waals surface area contributed by atoms with Gasteiger partial charge in [-0.25, -0.2) is 4.39 Å². The molecule has 0 aliphatic carbocycles. The zero-order valence-corrected chi connectivity index (χ0v) is 14.7. The Bertz CT molecular complexity index is 707. The number of ether oxygens (including phenoxy) is 3. The molecule has 1 heterocycles. The van der Waals surface area contributed by atoms with Gasteiger partial charge < -0.3 is 14.2 Å². The van der Waals surface area contributed by atoms with E-state index in [9.17, 15) is 4.39 Å². The Hall–Kier alpha value is -2.11. The van der Waals surface area contributed by atoms with Crippen LogP contribution in [-0.4, -0.2) is 44.9 Å². The van der Waals surface area contributed by atoms with Crippen molar-refractivity contribution in [1.29, 1.82) is 0 Å². The van der Waals surface area contributed by atoms with E-state index in [1.807, 2.05) is 18.2 Å². The summed E-state index contributed by atoms with van der Waals surface area (Å²) < 4.78 is 30.1. The van der Waals surface area contributed by atoms with Gasteiger partial charge in [-0.2, -0.15) is 0 Å². The molecule has 1 atom stereocenters. The number of methoxy groups -OCH3 is 2. The van der Waals surface area contributed by atoms with Crippen molar-refractivity contribution in [3.8, 4) is 11.5 Å². The van der Waals surface area contributed by atoms with Gasteiger partial charge >= 0.3 is 0 Å². The molecule has 1 saturated heterocycles. The molecule has 5 heteroatoms. The highest BCUT2D eigenvalue weighted by atomic mass is 19.1. The molecule has 1 aliphatic heterocycles. The minimum atomic E-state index is -0.203. The zero-order valence-electron chi connectivity index (χ0n) is 14.7. The molecule has 25 heavy (non-hydrogen) atoms. The molecule has 2 aromatic rings. The summed E-state index contributed by atoms with van der Waals surface area (Å²) in [6.07, 6.45) is 0.774. The Labute approximate surface area is 148 Å². The van der Waals surface area contributed by atoms with Gasteiger partial charge in [0, 0.05) is 25.2 Å². The van der Waals surface area contributed by atoms with Crippen LogP contribution < -0.4 is 9.47 Å². The first-order valence-corrected chi connectivity index (χ1v) is 8.48. The van der Waals surface area contributed by atoms with Crippen molar-refractivity contribution in [2.45, 2.75) is 19.1 Å². The lowest BCUT2D eigenvalue weighted by Crippen LogP contribution is -2.42. The highest BCUT2D eigenvalue weighted by Gasteiger charge is 2.22. The largest absolute Gasteiger partial charge is 0.493 e. The van der Waals surface area contributed by atoms with E-state index in [2.05, 4.69) is 11.0 Å². The van der Waals surface area contributed by atoms with Crippen molar-refractivity contribution in [2.24, 2.45) is 0 Å². The van der Waals surface area contributed by atoms with Gasteiger partial charge in [-0.15, -0.1) is 0 Å². The van der Waals surface area contributed by atoms with Crippen molar-refractivity contribution < 1.29 is 18.6 Å². The lowest BCUT2D eigenvalue weighted by Gasteiger charge is -2.33. The number of hydrogen-bond acceptors (Lipinski definition) is 4. The lowest BCUT2D eigenvalue weighted by atomic mass is 10.1. The van der Waals surface area contributed by atoms with Crippen molar-refractivity contribution in [1.82, 2.24) is 4.90 Å². The fourth-order valence-corrected chi connectivity index (χ4v) is 3.29. The first-order chi connectivity index (χ1) is 12.2. The standard InChI is InChI=1S/C20H24FNO3/c1-23-19-8-4-6-16(20(19)24-2)13-22-9-10-25-18(14-22)12-15-5-3-7-17(21)11-15/h3-8,11,18H,9-10,12-14H2,1-2H3/t18-/m1/s1. The summed E-state index contributed by atoms with van der Waals surface area (Å²) in [5.41, 5.74) is 2.05. The summed E-state index contributed by atoms with van der Waals surface area (Å²) in [5, 5.41) is 0. The first-order valence-electron chi connectivity index (χ1n) is 8.48. The molecule has 2 aromatic carbocycles. The summed E-state index contributed by atoms with van der Waals surface area (Å²) in [5.74, 6) is 1.31. The van der Waals surface area contributed by atoms with Crippen LogP contribution in [0.15, 0.2) is 42.5 Å². The zero-order chi connectivity index (χ0) is 17.6. The van der Waals surface area contributed by atoms with Gasteiger partial charge in [0.15, 0.2) is 11.5 Å². The summed E-state index contributed by atoms with van der Waals surface area (Å²) in [4.78, 5) is 2.34. The van der Waals surface area contributed by atoms with E-state index in [4.69, 9.17) is 14.2 Å². The molecule has 0 amide bonds. The fourth-order valence-electron chi connectivity index (χ4n) is 3.29. The molecule has 1 fully saturated rings. The van der Waals surface area contributed by atoms with E-state index >= 15 is 0 Å². The Morgan fingerprint density at radius 2 is 2.00 bits per heavy atom. The summed E-state index contributed by atoms with van der Waals surface area (Å²) in [6, 6.07) is 12.6. The number of morpholine rings is 1. The molecule has 0 unspecified atom stereocenters. The third-order valence-electron chi connectivity index (χ3n) is 4.45. The van der Waals surface area contributed by atoms with E-state index in [0.717, 1.165) is 42.3 Å². The normalized spacial score (nSPS) is 18.1. The number of halogens is 1. The van der Waals surface area contributed by atoms with Crippen molar-refractivity contribution >= 4 is 0 Å². The van der Waals surface area contributed by atoms with Gasteiger partial charge in [0.05, 0.1) is 26.9 Å². The average molecular weight is 345 g/mol. The quantitative estimate of drug-likeness (QED) is 0.804. The molecular formula is C20H24FNO3. The first kappa shape index (κ1) is 17.7. The second kappa shape index (κ2) is 8.32. The second-order valence-electron chi connectivity index (χ2n) is 6.21. The van der Waals surface area contributed by atoms with Crippen molar-refractivity contribution in [2.75, 3.05) is 33.9 Å². The second-order valence-corrected chi connectivity index (χ2v) is 6.21. The molecule has 4 nitrogen and oxygen atoms in total. The van der Waals surface area contributed by atoms with Gasteiger partial charge in [0.1, 0.15) is 5.82 Å². The molecule has 0 bridgehead atoms. The molecule has 1 aliphatic rings. The topological polar surface area (TPSA) is 30.9 Å². The van der Waals surface area contributed by atoms with Gasteiger partial charge in [0.2, 0.25) is 0 Å².